The SMILES string of the molecule is C1=CCCC(c2ccc(-c3ccccc3)cc2)=C1.C=C1/C=C\C=C/N(c2ccc(/C=C\CC)cc2)/C=C\C=C/C1=C.C=CC.C=CC=C.C=CC=C.C=CC=C.C=NCN.CC.CC. The summed E-state index contributed by atoms with van der Waals surface area (Å²) in [6.45, 7) is 47.0. The predicted octanol–water partition coefficient (Wildman–Crippen LogP) is 18.2. The van der Waals surface area contributed by atoms with Crippen LogP contribution in [0.1, 0.15) is 71.9 Å². The minimum Gasteiger partial charge on any atom is -0.324 e. The van der Waals surface area contributed by atoms with E-state index in [0.29, 0.717) is 6.67 Å². The minimum atomic E-state index is 0.333. The van der Waals surface area contributed by atoms with Crippen LogP contribution >= 0.6 is 0 Å². The van der Waals surface area contributed by atoms with E-state index in [1.54, 1.807) is 42.5 Å². The van der Waals surface area contributed by atoms with Crippen molar-refractivity contribution in [2.45, 2.75) is 60.8 Å². The van der Waals surface area contributed by atoms with Crippen LogP contribution in [0.25, 0.3) is 22.8 Å². The molecule has 3 aromatic rings. The van der Waals surface area contributed by atoms with Gasteiger partial charge in [-0.2, -0.15) is 0 Å². The molecular weight excluding hydrogens is 775 g/mol. The topological polar surface area (TPSA) is 41.6 Å². The largest absolute Gasteiger partial charge is 0.324 e. The molecule has 1 aliphatic carbocycles. The summed E-state index contributed by atoms with van der Waals surface area (Å²) >= 11 is 0. The Hall–Kier alpha value is -7.07. The Morgan fingerprint density at radius 3 is 1.41 bits per heavy atom. The van der Waals surface area contributed by atoms with Crippen molar-refractivity contribution in [3.05, 3.63) is 276 Å². The summed E-state index contributed by atoms with van der Waals surface area (Å²) in [7, 11) is 0. The number of nitrogens with zero attached hydrogens (tertiary/aromatic N) is 2. The van der Waals surface area contributed by atoms with Crippen molar-refractivity contribution < 1.29 is 0 Å². The predicted molar refractivity (Wildman–Crippen MR) is 300 cm³/mol. The molecule has 2 aliphatic rings. The quantitative estimate of drug-likeness (QED) is 0.132. The highest BCUT2D eigenvalue weighted by atomic mass is 15.1. The van der Waals surface area contributed by atoms with Crippen molar-refractivity contribution >= 4 is 24.1 Å². The molecule has 0 radical (unpaired) electrons. The Morgan fingerprint density at radius 1 is 0.609 bits per heavy atom. The van der Waals surface area contributed by atoms with Crippen LogP contribution in [-0.2, 0) is 0 Å². The van der Waals surface area contributed by atoms with E-state index < -0.39 is 0 Å². The van der Waals surface area contributed by atoms with Gasteiger partial charge in [-0.1, -0.05) is 251 Å². The molecule has 0 spiro atoms. The van der Waals surface area contributed by atoms with Crippen LogP contribution in [0.2, 0.25) is 0 Å². The second-order valence-electron chi connectivity index (χ2n) is 12.1. The third-order valence-electron chi connectivity index (χ3n) is 7.47. The summed E-state index contributed by atoms with van der Waals surface area (Å²) in [5.41, 5.74) is 14.3. The zero-order chi connectivity index (χ0) is 49.1. The molecule has 0 unspecified atom stereocenters. The number of anilines is 1. The normalized spacial score (nSPS) is 13.3. The molecule has 3 heteroatoms. The fourth-order valence-electron chi connectivity index (χ4n) is 4.43. The molecule has 0 aromatic heterocycles. The van der Waals surface area contributed by atoms with Gasteiger partial charge in [-0.25, -0.2) is 0 Å². The lowest BCUT2D eigenvalue weighted by atomic mass is 9.95. The third kappa shape index (κ3) is 35.7. The molecule has 0 fully saturated rings. The molecule has 3 nitrogen and oxygen atoms in total. The molecule has 1 heterocycles. The van der Waals surface area contributed by atoms with E-state index in [4.69, 9.17) is 5.73 Å². The van der Waals surface area contributed by atoms with Crippen molar-refractivity contribution in [3.8, 4) is 11.1 Å². The molecule has 0 saturated carbocycles. The number of hydrogen-bond acceptors (Lipinski definition) is 3. The zero-order valence-corrected chi connectivity index (χ0v) is 40.4. The van der Waals surface area contributed by atoms with Gasteiger partial charge in [0.15, 0.2) is 0 Å². The van der Waals surface area contributed by atoms with Gasteiger partial charge in [0.1, 0.15) is 0 Å². The van der Waals surface area contributed by atoms with Gasteiger partial charge in [0.2, 0.25) is 0 Å². The van der Waals surface area contributed by atoms with Crippen LogP contribution in [0, 0.1) is 0 Å². The Morgan fingerprint density at radius 2 is 1.03 bits per heavy atom. The maximum absolute atomic E-state index is 4.80. The fourth-order valence-corrected chi connectivity index (χ4v) is 4.43. The summed E-state index contributed by atoms with van der Waals surface area (Å²) in [5, 5.41) is 0. The van der Waals surface area contributed by atoms with E-state index >= 15 is 0 Å². The van der Waals surface area contributed by atoms with Gasteiger partial charge in [0.25, 0.3) is 0 Å². The van der Waals surface area contributed by atoms with E-state index in [1.165, 1.54) is 27.8 Å². The van der Waals surface area contributed by atoms with Crippen LogP contribution in [0.5, 0.6) is 0 Å². The van der Waals surface area contributed by atoms with Crippen LogP contribution in [0.3, 0.4) is 0 Å². The van der Waals surface area contributed by atoms with Crippen molar-refractivity contribution in [2.75, 3.05) is 11.6 Å². The van der Waals surface area contributed by atoms with Gasteiger partial charge in [0, 0.05) is 18.1 Å². The molecule has 3 aromatic carbocycles. The monoisotopic (exact) mass is 856 g/mol. The third-order valence-corrected chi connectivity index (χ3v) is 7.47. The van der Waals surface area contributed by atoms with Gasteiger partial charge < -0.3 is 10.6 Å². The van der Waals surface area contributed by atoms with Crippen LogP contribution in [-0.4, -0.2) is 13.4 Å². The summed E-state index contributed by atoms with van der Waals surface area (Å²) < 4.78 is 0. The lowest BCUT2D eigenvalue weighted by Crippen LogP contribution is -2.06. The summed E-state index contributed by atoms with van der Waals surface area (Å²) in [4.78, 5) is 5.35. The number of allylic oxidation sites excluding steroid dienone is 20. The van der Waals surface area contributed by atoms with Crippen molar-refractivity contribution in [3.63, 3.8) is 0 Å². The second-order valence-corrected chi connectivity index (χ2v) is 12.1. The van der Waals surface area contributed by atoms with E-state index in [0.717, 1.165) is 36.1 Å². The Bertz CT molecular complexity index is 1840. The lowest BCUT2D eigenvalue weighted by Gasteiger charge is -2.15. The highest BCUT2D eigenvalue weighted by molar-refractivity contribution is 5.72. The molecule has 0 bridgehead atoms. The van der Waals surface area contributed by atoms with Crippen LogP contribution in [0.15, 0.2) is 270 Å². The van der Waals surface area contributed by atoms with Gasteiger partial charge in [-0.05, 0) is 96.2 Å². The van der Waals surface area contributed by atoms with Crippen LogP contribution in [0.4, 0.5) is 5.69 Å². The molecular formula is C61H81N3. The summed E-state index contributed by atoms with van der Waals surface area (Å²) in [5.74, 6) is 0. The first kappa shape index (κ1) is 63.6. The first-order valence-corrected chi connectivity index (χ1v) is 21.8. The summed E-state index contributed by atoms with van der Waals surface area (Å²) in [6.07, 6.45) is 41.8. The van der Waals surface area contributed by atoms with Crippen molar-refractivity contribution in [1.29, 1.82) is 0 Å². The Labute approximate surface area is 392 Å². The standard InChI is InChI=1S/C22H23N.C18H16.3C4H6.C3H6.C2H6N2.2C2H6/c1-4-5-12-21-13-15-22(16-14-21)23-17-8-6-10-19(2)20(3)11-7-9-18-23;1-3-7-15(8-4-1)17-11-13-18(14-12-17)16-9-5-2-6-10-16;3*1-3-4-2;1-3-2;1-4-2-3;2*1-2/h5-18H,2-4H2,1H3;1-5,7-9,11-14H,6,10H2;3*3-4H,1-2H2;3H,1H2,2H3;1-3H2;2*1-2H3/b10-6-,11-7-,12-5-,17-8-,18-9-;;;;;;;;. The molecule has 340 valence electrons. The Balaban J connectivity index is -0.000000386. The molecule has 0 atom stereocenters. The highest BCUT2D eigenvalue weighted by Gasteiger charge is 2.04. The molecule has 64 heavy (non-hydrogen) atoms. The number of aliphatic imine (C=N–C) groups is 1. The van der Waals surface area contributed by atoms with Crippen molar-refractivity contribution in [2.24, 2.45) is 10.7 Å². The minimum absolute atomic E-state index is 0.333. The first-order valence-electron chi connectivity index (χ1n) is 21.8. The van der Waals surface area contributed by atoms with E-state index in [2.05, 4.69) is 192 Å². The van der Waals surface area contributed by atoms with E-state index in [1.807, 2.05) is 83.5 Å². The van der Waals surface area contributed by atoms with Gasteiger partial charge in [-0.3, -0.25) is 4.99 Å². The average Bonchev–Trinajstić information content (AvgIpc) is 3.41. The maximum Gasteiger partial charge on any atom is 0.0852 e. The molecule has 2 N–H and O–H groups in total. The number of hydrogen-bond donors (Lipinski definition) is 1. The number of nitrogens with two attached hydrogens (primary N) is 1. The second kappa shape index (κ2) is 50.3. The maximum atomic E-state index is 4.80. The van der Waals surface area contributed by atoms with Crippen molar-refractivity contribution in [1.82, 2.24) is 0 Å². The first-order chi connectivity index (χ1) is 31.2. The smallest absolute Gasteiger partial charge is 0.0852 e. The average molecular weight is 856 g/mol. The molecule has 0 amide bonds. The van der Waals surface area contributed by atoms with Gasteiger partial charge in [-0.15, -0.1) is 6.58 Å². The zero-order valence-electron chi connectivity index (χ0n) is 40.4. The Kier molecular flexibility index (Phi) is 49.9. The molecule has 1 aliphatic heterocycles. The van der Waals surface area contributed by atoms with E-state index in [9.17, 15) is 0 Å². The van der Waals surface area contributed by atoms with Gasteiger partial charge >= 0.3 is 0 Å². The fraction of sp³-hybridized carbons (Fsp3) is 0.164. The van der Waals surface area contributed by atoms with E-state index in [-0.39, 0.29) is 0 Å². The summed E-state index contributed by atoms with van der Waals surface area (Å²) in [6, 6.07) is 27.9. The molecule has 5 rings (SSSR count). The molecule has 0 saturated heterocycles. The number of benzene rings is 3. The van der Waals surface area contributed by atoms with Crippen LogP contribution < -0.4 is 10.6 Å². The highest BCUT2D eigenvalue weighted by Crippen LogP contribution is 2.26. The van der Waals surface area contributed by atoms with Gasteiger partial charge in [0.05, 0.1) is 6.67 Å². The number of rotatable bonds is 9. The lowest BCUT2D eigenvalue weighted by molar-refractivity contribution is 1.05.